The van der Waals surface area contributed by atoms with Crippen molar-refractivity contribution in [2.45, 2.75) is 49.6 Å². The first kappa shape index (κ1) is 21.2. The third kappa shape index (κ3) is 4.76. The van der Waals surface area contributed by atoms with Gasteiger partial charge < -0.3 is 10.6 Å². The summed E-state index contributed by atoms with van der Waals surface area (Å²) in [7, 11) is -3.53. The molecule has 0 aliphatic carbocycles. The zero-order chi connectivity index (χ0) is 17.9. The highest BCUT2D eigenvalue weighted by molar-refractivity contribution is 7.89. The second-order valence-electron chi connectivity index (χ2n) is 7.02. The Morgan fingerprint density at radius 2 is 1.92 bits per heavy atom. The van der Waals surface area contributed by atoms with Crippen LogP contribution in [0.2, 0.25) is 0 Å². The highest BCUT2D eigenvalue weighted by Crippen LogP contribution is 2.24. The summed E-state index contributed by atoms with van der Waals surface area (Å²) in [5.41, 5.74) is 0. The number of nitrogens with one attached hydrogen (secondary N) is 2. The average molecular weight is 402 g/mol. The fraction of sp³-hybridized carbons (Fsp3) is 0.611. The predicted octanol–water partition coefficient (Wildman–Crippen LogP) is 1.77. The molecule has 3 rings (SSSR count). The Morgan fingerprint density at radius 1 is 1.19 bits per heavy atom. The number of hydrogen-bond acceptors (Lipinski definition) is 4. The van der Waals surface area contributed by atoms with Gasteiger partial charge in [-0.15, -0.1) is 12.4 Å². The van der Waals surface area contributed by atoms with Gasteiger partial charge in [0.05, 0.1) is 10.8 Å². The third-order valence-electron chi connectivity index (χ3n) is 5.23. The molecule has 3 atom stereocenters. The molecular formula is C18H28ClN3O3S. The molecular weight excluding hydrogens is 374 g/mol. The molecule has 0 spiro atoms. The quantitative estimate of drug-likeness (QED) is 0.805. The number of amides is 1. The van der Waals surface area contributed by atoms with Gasteiger partial charge in [-0.05, 0) is 51.3 Å². The summed E-state index contributed by atoms with van der Waals surface area (Å²) in [5.74, 6) is -0.296. The maximum atomic E-state index is 12.8. The molecule has 2 N–H and O–H groups in total. The first-order valence-corrected chi connectivity index (χ1v) is 10.5. The Bertz CT molecular complexity index is 699. The Morgan fingerprint density at radius 3 is 2.62 bits per heavy atom. The standard InChI is InChI=1S/C18H27N3O3S.ClH/c1-14-17(10-5-11-19-14)20-18(22)15-7-6-12-21(13-15)25(23,24)16-8-3-2-4-9-16;/h2-4,8-9,14-15,17,19H,5-7,10-13H2,1H3,(H,20,22);1H. The molecule has 2 aliphatic rings. The largest absolute Gasteiger partial charge is 0.352 e. The van der Waals surface area contributed by atoms with Crippen LogP contribution in [0.4, 0.5) is 0 Å². The van der Waals surface area contributed by atoms with E-state index >= 15 is 0 Å². The predicted molar refractivity (Wildman–Crippen MR) is 104 cm³/mol. The molecule has 0 bridgehead atoms. The van der Waals surface area contributed by atoms with E-state index < -0.39 is 10.0 Å². The van der Waals surface area contributed by atoms with Gasteiger partial charge in [0.15, 0.2) is 0 Å². The van der Waals surface area contributed by atoms with Crippen molar-refractivity contribution in [1.82, 2.24) is 14.9 Å². The van der Waals surface area contributed by atoms with Crippen LogP contribution < -0.4 is 10.6 Å². The van der Waals surface area contributed by atoms with E-state index in [1.165, 1.54) is 4.31 Å². The zero-order valence-electron chi connectivity index (χ0n) is 15.1. The summed E-state index contributed by atoms with van der Waals surface area (Å²) in [5, 5.41) is 6.50. The number of halogens is 1. The lowest BCUT2D eigenvalue weighted by Gasteiger charge is -2.35. The van der Waals surface area contributed by atoms with Crippen molar-refractivity contribution < 1.29 is 13.2 Å². The van der Waals surface area contributed by atoms with Crippen molar-refractivity contribution in [1.29, 1.82) is 0 Å². The van der Waals surface area contributed by atoms with E-state index in [2.05, 4.69) is 17.6 Å². The fourth-order valence-corrected chi connectivity index (χ4v) is 5.20. The average Bonchev–Trinajstić information content (AvgIpc) is 2.64. The number of benzene rings is 1. The van der Waals surface area contributed by atoms with Crippen LogP contribution in [0.25, 0.3) is 0 Å². The number of rotatable bonds is 4. The van der Waals surface area contributed by atoms with Crippen molar-refractivity contribution >= 4 is 28.3 Å². The van der Waals surface area contributed by atoms with Gasteiger partial charge in [0.1, 0.15) is 0 Å². The number of nitrogens with zero attached hydrogens (tertiary/aromatic N) is 1. The Hall–Kier alpha value is -1.15. The van der Waals surface area contributed by atoms with Crippen LogP contribution in [-0.2, 0) is 14.8 Å². The number of carbonyl (C=O) groups excluding carboxylic acids is 1. The van der Waals surface area contributed by atoms with Gasteiger partial charge >= 0.3 is 0 Å². The van der Waals surface area contributed by atoms with Gasteiger partial charge in [0.25, 0.3) is 0 Å². The van der Waals surface area contributed by atoms with Crippen LogP contribution in [0.3, 0.4) is 0 Å². The van der Waals surface area contributed by atoms with E-state index in [1.807, 2.05) is 0 Å². The summed E-state index contributed by atoms with van der Waals surface area (Å²) in [6.07, 6.45) is 3.47. The van der Waals surface area contributed by atoms with Gasteiger partial charge in [0.2, 0.25) is 15.9 Å². The summed E-state index contributed by atoms with van der Waals surface area (Å²) in [6.45, 7) is 3.80. The molecule has 0 aromatic heterocycles. The molecule has 3 unspecified atom stereocenters. The van der Waals surface area contributed by atoms with E-state index in [9.17, 15) is 13.2 Å². The zero-order valence-corrected chi connectivity index (χ0v) is 16.7. The van der Waals surface area contributed by atoms with Gasteiger partial charge in [-0.2, -0.15) is 4.31 Å². The van der Waals surface area contributed by atoms with E-state index in [0.29, 0.717) is 17.9 Å². The van der Waals surface area contributed by atoms with Crippen molar-refractivity contribution in [3.8, 4) is 0 Å². The SMILES string of the molecule is CC1NCCCC1NC(=O)C1CCCN(S(=O)(=O)c2ccccc2)C1.Cl. The minimum atomic E-state index is -3.53. The van der Waals surface area contributed by atoms with Crippen molar-refractivity contribution in [3.63, 3.8) is 0 Å². The summed E-state index contributed by atoms with van der Waals surface area (Å²) >= 11 is 0. The molecule has 2 aliphatic heterocycles. The molecule has 1 aromatic rings. The highest BCUT2D eigenvalue weighted by atomic mass is 35.5. The molecule has 2 fully saturated rings. The lowest BCUT2D eigenvalue weighted by molar-refractivity contribution is -0.127. The van der Waals surface area contributed by atoms with Crippen molar-refractivity contribution in [2.75, 3.05) is 19.6 Å². The van der Waals surface area contributed by atoms with Crippen LogP contribution in [0, 0.1) is 5.92 Å². The first-order valence-electron chi connectivity index (χ1n) is 9.07. The number of sulfonamides is 1. The highest BCUT2D eigenvalue weighted by Gasteiger charge is 2.34. The third-order valence-corrected chi connectivity index (χ3v) is 7.10. The molecule has 146 valence electrons. The second-order valence-corrected chi connectivity index (χ2v) is 8.95. The van der Waals surface area contributed by atoms with E-state index in [4.69, 9.17) is 0 Å². The maximum Gasteiger partial charge on any atom is 0.243 e. The fourth-order valence-electron chi connectivity index (χ4n) is 3.66. The molecule has 1 amide bonds. The molecule has 8 heteroatoms. The van der Waals surface area contributed by atoms with Crippen LogP contribution >= 0.6 is 12.4 Å². The van der Waals surface area contributed by atoms with Crippen LogP contribution in [0.1, 0.15) is 32.6 Å². The lowest BCUT2D eigenvalue weighted by atomic mass is 9.95. The smallest absolute Gasteiger partial charge is 0.243 e. The Labute approximate surface area is 162 Å². The normalized spacial score (nSPS) is 27.3. The minimum absolute atomic E-state index is 0. The summed E-state index contributed by atoms with van der Waals surface area (Å²) < 4.78 is 27.0. The second kappa shape index (κ2) is 9.17. The van der Waals surface area contributed by atoms with Gasteiger partial charge in [0, 0.05) is 25.2 Å². The number of piperidine rings is 2. The van der Waals surface area contributed by atoms with E-state index in [1.54, 1.807) is 30.3 Å². The van der Waals surface area contributed by atoms with Crippen LogP contribution in [0.15, 0.2) is 35.2 Å². The molecule has 6 nitrogen and oxygen atoms in total. The molecule has 1 aromatic carbocycles. The van der Waals surface area contributed by atoms with Gasteiger partial charge in [-0.1, -0.05) is 18.2 Å². The Balaban J connectivity index is 0.00000243. The van der Waals surface area contributed by atoms with Crippen molar-refractivity contribution in [3.05, 3.63) is 30.3 Å². The Kier molecular flexibility index (Phi) is 7.46. The van der Waals surface area contributed by atoms with Crippen LogP contribution in [-0.4, -0.2) is 50.3 Å². The van der Waals surface area contributed by atoms with Crippen LogP contribution in [0.5, 0.6) is 0 Å². The molecule has 2 saturated heterocycles. The molecule has 0 radical (unpaired) electrons. The van der Waals surface area contributed by atoms with E-state index in [0.717, 1.165) is 25.8 Å². The van der Waals surface area contributed by atoms with Gasteiger partial charge in [-0.3, -0.25) is 4.79 Å². The maximum absolute atomic E-state index is 12.8. The monoisotopic (exact) mass is 401 g/mol. The van der Waals surface area contributed by atoms with Gasteiger partial charge in [-0.25, -0.2) is 8.42 Å². The molecule has 2 heterocycles. The topological polar surface area (TPSA) is 78.5 Å². The lowest BCUT2D eigenvalue weighted by Crippen LogP contribution is -2.54. The summed E-state index contributed by atoms with van der Waals surface area (Å²) in [6, 6.07) is 8.83. The first-order chi connectivity index (χ1) is 12.0. The summed E-state index contributed by atoms with van der Waals surface area (Å²) in [4.78, 5) is 13.0. The van der Waals surface area contributed by atoms with E-state index in [-0.39, 0.29) is 42.9 Å². The van der Waals surface area contributed by atoms with Crippen molar-refractivity contribution in [2.24, 2.45) is 5.92 Å². The number of hydrogen-bond donors (Lipinski definition) is 2. The molecule has 0 saturated carbocycles. The number of carbonyl (C=O) groups is 1. The minimum Gasteiger partial charge on any atom is -0.352 e. The molecule has 26 heavy (non-hydrogen) atoms.